The fourth-order valence-electron chi connectivity index (χ4n) is 3.34. The van der Waals surface area contributed by atoms with Gasteiger partial charge in [0, 0.05) is 17.7 Å². The second-order valence-electron chi connectivity index (χ2n) is 6.77. The summed E-state index contributed by atoms with van der Waals surface area (Å²) in [5.74, 6) is 6.63. The molecule has 1 N–H and O–H groups in total. The minimum Gasteiger partial charge on any atom is -0.382 e. The molecule has 2 heteroatoms. The molecule has 0 aliphatic carbocycles. The zero-order valence-corrected chi connectivity index (χ0v) is 15.8. The SMILES string of the molecule is CCCNc1ccc(C#Cc2c3ccccc3cc3ccccc23)ccc1=O. The fourth-order valence-corrected chi connectivity index (χ4v) is 3.34. The van der Waals surface area contributed by atoms with E-state index in [-0.39, 0.29) is 5.43 Å². The van der Waals surface area contributed by atoms with Gasteiger partial charge in [-0.15, -0.1) is 0 Å². The molecule has 136 valence electrons. The number of nitrogens with one attached hydrogen (secondary N) is 1. The van der Waals surface area contributed by atoms with Crippen molar-refractivity contribution in [2.45, 2.75) is 13.3 Å². The topological polar surface area (TPSA) is 29.1 Å². The summed E-state index contributed by atoms with van der Waals surface area (Å²) in [6.45, 7) is 2.86. The van der Waals surface area contributed by atoms with Crippen molar-refractivity contribution in [1.29, 1.82) is 0 Å². The number of hydrogen-bond donors (Lipinski definition) is 1. The van der Waals surface area contributed by atoms with Crippen LogP contribution in [-0.4, -0.2) is 6.54 Å². The molecule has 0 saturated heterocycles. The third-order valence-corrected chi connectivity index (χ3v) is 4.78. The van der Waals surface area contributed by atoms with Gasteiger partial charge in [0.15, 0.2) is 0 Å². The van der Waals surface area contributed by atoms with E-state index in [1.807, 2.05) is 36.4 Å². The Labute approximate surface area is 164 Å². The predicted molar refractivity (Wildman–Crippen MR) is 119 cm³/mol. The summed E-state index contributed by atoms with van der Waals surface area (Å²) in [6.07, 6.45) is 0.971. The molecule has 0 radical (unpaired) electrons. The molecule has 0 bridgehead atoms. The van der Waals surface area contributed by atoms with Crippen LogP contribution in [0.2, 0.25) is 0 Å². The van der Waals surface area contributed by atoms with Crippen molar-refractivity contribution in [2.75, 3.05) is 11.9 Å². The maximum absolute atomic E-state index is 12.2. The predicted octanol–water partition coefficient (Wildman–Crippen LogP) is 5.57. The minimum absolute atomic E-state index is 0.0166. The van der Waals surface area contributed by atoms with Crippen molar-refractivity contribution in [3.63, 3.8) is 0 Å². The Morgan fingerprint density at radius 1 is 0.786 bits per heavy atom. The van der Waals surface area contributed by atoms with Gasteiger partial charge in [0.25, 0.3) is 0 Å². The number of benzene rings is 3. The van der Waals surface area contributed by atoms with Crippen LogP contribution >= 0.6 is 0 Å². The van der Waals surface area contributed by atoms with Crippen LogP contribution in [0.4, 0.5) is 5.69 Å². The van der Waals surface area contributed by atoms with Gasteiger partial charge >= 0.3 is 0 Å². The average molecular weight is 363 g/mol. The molecular formula is C26H21NO. The molecule has 0 aromatic heterocycles. The summed E-state index contributed by atoms with van der Waals surface area (Å²) in [6, 6.07) is 25.9. The summed E-state index contributed by atoms with van der Waals surface area (Å²) >= 11 is 0. The van der Waals surface area contributed by atoms with E-state index < -0.39 is 0 Å². The van der Waals surface area contributed by atoms with Gasteiger partial charge in [0.2, 0.25) is 5.43 Å². The molecule has 4 rings (SSSR count). The quantitative estimate of drug-likeness (QED) is 0.380. The first-order valence-corrected chi connectivity index (χ1v) is 9.57. The van der Waals surface area contributed by atoms with Crippen LogP contribution in [0.1, 0.15) is 24.5 Å². The Morgan fingerprint density at radius 3 is 2.11 bits per heavy atom. The Bertz CT molecular complexity index is 1220. The highest BCUT2D eigenvalue weighted by molar-refractivity contribution is 6.04. The van der Waals surface area contributed by atoms with E-state index in [0.29, 0.717) is 5.69 Å². The van der Waals surface area contributed by atoms with Crippen molar-refractivity contribution in [2.24, 2.45) is 0 Å². The lowest BCUT2D eigenvalue weighted by Gasteiger charge is -2.06. The molecule has 4 aromatic carbocycles. The molecule has 28 heavy (non-hydrogen) atoms. The summed E-state index contributed by atoms with van der Waals surface area (Å²) in [7, 11) is 0. The van der Waals surface area contributed by atoms with E-state index in [9.17, 15) is 4.79 Å². The third-order valence-electron chi connectivity index (χ3n) is 4.78. The summed E-state index contributed by atoms with van der Waals surface area (Å²) in [5, 5.41) is 7.81. The van der Waals surface area contributed by atoms with Crippen molar-refractivity contribution in [3.05, 3.63) is 100 Å². The van der Waals surface area contributed by atoms with Gasteiger partial charge in [-0.1, -0.05) is 67.3 Å². The van der Waals surface area contributed by atoms with Crippen LogP contribution in [0, 0.1) is 11.8 Å². The van der Waals surface area contributed by atoms with Gasteiger partial charge in [-0.25, -0.2) is 0 Å². The first-order chi connectivity index (χ1) is 13.8. The molecule has 0 atom stereocenters. The lowest BCUT2D eigenvalue weighted by molar-refractivity contribution is 0.978. The van der Waals surface area contributed by atoms with Crippen LogP contribution in [-0.2, 0) is 0 Å². The highest BCUT2D eigenvalue weighted by Gasteiger charge is 2.05. The van der Waals surface area contributed by atoms with Crippen molar-refractivity contribution in [1.82, 2.24) is 0 Å². The molecule has 0 aliphatic heterocycles. The van der Waals surface area contributed by atoms with E-state index in [4.69, 9.17) is 0 Å². The second-order valence-corrected chi connectivity index (χ2v) is 6.77. The van der Waals surface area contributed by atoms with E-state index >= 15 is 0 Å². The maximum Gasteiger partial charge on any atom is 0.201 e. The molecule has 0 unspecified atom stereocenters. The molecule has 0 spiro atoms. The maximum atomic E-state index is 12.2. The Balaban J connectivity index is 1.84. The average Bonchev–Trinajstić information content (AvgIpc) is 2.91. The Hall–Kier alpha value is -3.57. The summed E-state index contributed by atoms with van der Waals surface area (Å²) < 4.78 is 0. The van der Waals surface area contributed by atoms with Crippen LogP contribution < -0.4 is 10.7 Å². The fraction of sp³-hybridized carbons (Fsp3) is 0.115. The van der Waals surface area contributed by atoms with Crippen LogP contribution in [0.5, 0.6) is 0 Å². The molecule has 0 fully saturated rings. The van der Waals surface area contributed by atoms with E-state index in [1.165, 1.54) is 10.8 Å². The molecule has 4 aromatic rings. The van der Waals surface area contributed by atoms with Gasteiger partial charge < -0.3 is 5.32 Å². The van der Waals surface area contributed by atoms with Gasteiger partial charge in [-0.05, 0) is 58.3 Å². The monoisotopic (exact) mass is 363 g/mol. The largest absolute Gasteiger partial charge is 0.382 e. The zero-order valence-electron chi connectivity index (χ0n) is 15.8. The second kappa shape index (κ2) is 7.98. The highest BCUT2D eigenvalue weighted by Crippen LogP contribution is 2.27. The number of hydrogen-bond acceptors (Lipinski definition) is 2. The zero-order chi connectivity index (χ0) is 19.3. The normalized spacial score (nSPS) is 10.5. The Kier molecular flexibility index (Phi) is 5.08. The van der Waals surface area contributed by atoms with E-state index in [2.05, 4.69) is 54.4 Å². The summed E-state index contributed by atoms with van der Waals surface area (Å²) in [4.78, 5) is 12.2. The Morgan fingerprint density at radius 2 is 1.43 bits per heavy atom. The summed E-state index contributed by atoms with van der Waals surface area (Å²) in [5.41, 5.74) is 2.44. The third kappa shape index (κ3) is 3.61. The van der Waals surface area contributed by atoms with E-state index in [1.54, 1.807) is 12.1 Å². The van der Waals surface area contributed by atoms with Crippen LogP contribution in [0.3, 0.4) is 0 Å². The standard InChI is InChI=1S/C26H21NO/c1-2-17-27-25-15-12-19(13-16-26(25)28)11-14-24-22-9-5-3-7-20(22)18-21-8-4-6-10-23(21)24/h3-10,12-13,15-16,18H,2,17H2,1H3,(H,27,28). The van der Waals surface area contributed by atoms with Crippen molar-refractivity contribution < 1.29 is 0 Å². The number of anilines is 1. The van der Waals surface area contributed by atoms with Crippen LogP contribution in [0.25, 0.3) is 21.5 Å². The molecule has 0 aliphatic rings. The smallest absolute Gasteiger partial charge is 0.201 e. The highest BCUT2D eigenvalue weighted by atomic mass is 16.1. The number of rotatable bonds is 3. The molecule has 0 heterocycles. The number of fused-ring (bicyclic) bond motifs is 2. The lowest BCUT2D eigenvalue weighted by Crippen LogP contribution is -2.08. The van der Waals surface area contributed by atoms with Gasteiger partial charge in [-0.2, -0.15) is 0 Å². The van der Waals surface area contributed by atoms with Gasteiger partial charge in [0.1, 0.15) is 0 Å². The first-order valence-electron chi connectivity index (χ1n) is 9.57. The minimum atomic E-state index is -0.0166. The van der Waals surface area contributed by atoms with Gasteiger partial charge in [-0.3, -0.25) is 4.79 Å². The van der Waals surface area contributed by atoms with Crippen molar-refractivity contribution in [3.8, 4) is 11.8 Å². The molecular weight excluding hydrogens is 342 g/mol. The van der Waals surface area contributed by atoms with Crippen LogP contribution in [0.15, 0.2) is 83.7 Å². The molecule has 0 amide bonds. The van der Waals surface area contributed by atoms with E-state index in [0.717, 1.165) is 34.9 Å². The first kappa shape index (κ1) is 17.8. The lowest BCUT2D eigenvalue weighted by atomic mass is 9.97. The van der Waals surface area contributed by atoms with Gasteiger partial charge in [0.05, 0.1) is 5.69 Å². The van der Waals surface area contributed by atoms with Crippen molar-refractivity contribution >= 4 is 27.2 Å². The molecule has 0 saturated carbocycles. The molecule has 2 nitrogen and oxygen atoms in total.